The highest BCUT2D eigenvalue weighted by Gasteiger charge is 2.61. The Kier molecular flexibility index (Phi) is 6.34. The largest absolute Gasteiger partial charge is 0.393 e. The van der Waals surface area contributed by atoms with Crippen LogP contribution in [0.2, 0.25) is 0 Å². The first kappa shape index (κ1) is 22.6. The van der Waals surface area contributed by atoms with Crippen molar-refractivity contribution in [1.29, 1.82) is 0 Å². The summed E-state index contributed by atoms with van der Waals surface area (Å²) >= 11 is 0. The maximum absolute atomic E-state index is 10.4. The van der Waals surface area contributed by atoms with Crippen molar-refractivity contribution in [1.82, 2.24) is 0 Å². The number of hydrogen-bond acceptors (Lipinski definition) is 3. The van der Waals surface area contributed by atoms with Gasteiger partial charge in [0.25, 0.3) is 0 Å². The highest BCUT2D eigenvalue weighted by molar-refractivity contribution is 5.88. The van der Waals surface area contributed by atoms with Crippen molar-refractivity contribution in [3.63, 3.8) is 0 Å². The first-order valence-corrected chi connectivity index (χ1v) is 13.2. The van der Waals surface area contributed by atoms with Gasteiger partial charge >= 0.3 is 0 Å². The summed E-state index contributed by atoms with van der Waals surface area (Å²) in [5.41, 5.74) is 2.04. The lowest BCUT2D eigenvalue weighted by atomic mass is 9.44. The highest BCUT2D eigenvalue weighted by Crippen LogP contribution is 2.68. The summed E-state index contributed by atoms with van der Waals surface area (Å²) in [7, 11) is 0. The number of hydrogen-bond donors (Lipinski definition) is 2. The molecule has 4 aliphatic rings. The van der Waals surface area contributed by atoms with Gasteiger partial charge < -0.3 is 10.9 Å². The summed E-state index contributed by atoms with van der Waals surface area (Å²) in [5.74, 6) is 11.4. The molecule has 4 rings (SSSR count). The van der Waals surface area contributed by atoms with Crippen molar-refractivity contribution in [2.75, 3.05) is 0 Å². The first-order chi connectivity index (χ1) is 14.2. The van der Waals surface area contributed by atoms with Crippen LogP contribution in [0.1, 0.15) is 105 Å². The molecular formula is C27H48N2O. The third-order valence-corrected chi connectivity index (χ3v) is 10.8. The van der Waals surface area contributed by atoms with Gasteiger partial charge in [-0.1, -0.05) is 53.9 Å². The van der Waals surface area contributed by atoms with Gasteiger partial charge in [0.05, 0.1) is 6.10 Å². The second-order valence-electron chi connectivity index (χ2n) is 12.7. The molecule has 3 N–H and O–H groups in total. The van der Waals surface area contributed by atoms with E-state index in [1.807, 2.05) is 0 Å². The zero-order chi connectivity index (χ0) is 21.7. The minimum absolute atomic E-state index is 0.159. The third kappa shape index (κ3) is 3.65. The van der Waals surface area contributed by atoms with Gasteiger partial charge in [-0.3, -0.25) is 0 Å². The molecule has 4 aliphatic carbocycles. The number of rotatable bonds is 5. The molecule has 0 bridgehead atoms. The molecule has 0 spiro atoms. The number of hydrazone groups is 1. The average Bonchev–Trinajstić information content (AvgIpc) is 3.05. The highest BCUT2D eigenvalue weighted by atomic mass is 16.3. The van der Waals surface area contributed by atoms with Crippen molar-refractivity contribution >= 4 is 5.71 Å². The number of aliphatic hydroxyl groups is 1. The van der Waals surface area contributed by atoms with Crippen LogP contribution in [0.4, 0.5) is 0 Å². The van der Waals surface area contributed by atoms with Crippen LogP contribution in [0, 0.1) is 52.3 Å². The summed E-state index contributed by atoms with van der Waals surface area (Å²) in [5, 5.41) is 14.7. The summed E-state index contributed by atoms with van der Waals surface area (Å²) in [6.45, 7) is 12.4. The molecule has 0 amide bonds. The van der Waals surface area contributed by atoms with Crippen molar-refractivity contribution in [3.8, 4) is 0 Å². The molecule has 0 saturated heterocycles. The summed E-state index contributed by atoms with van der Waals surface area (Å²) in [4.78, 5) is 0. The Morgan fingerprint density at radius 2 is 1.70 bits per heavy atom. The Bertz CT molecular complexity index is 645. The quantitative estimate of drug-likeness (QED) is 0.403. The van der Waals surface area contributed by atoms with Gasteiger partial charge in [0, 0.05) is 11.6 Å². The van der Waals surface area contributed by atoms with Crippen LogP contribution in [0.3, 0.4) is 0 Å². The molecule has 0 heterocycles. The lowest BCUT2D eigenvalue weighted by molar-refractivity contribution is -0.0939. The van der Waals surface area contributed by atoms with Crippen LogP contribution >= 0.6 is 0 Å². The molecule has 0 aromatic heterocycles. The number of nitrogens with two attached hydrogens (primary N) is 1. The molecule has 0 radical (unpaired) electrons. The minimum Gasteiger partial charge on any atom is -0.393 e. The molecule has 4 saturated carbocycles. The van der Waals surface area contributed by atoms with E-state index in [1.54, 1.807) is 0 Å². The van der Waals surface area contributed by atoms with E-state index in [1.165, 1.54) is 50.7 Å². The summed E-state index contributed by atoms with van der Waals surface area (Å²) in [6, 6.07) is 0. The van der Waals surface area contributed by atoms with E-state index in [2.05, 4.69) is 39.7 Å². The van der Waals surface area contributed by atoms with E-state index in [0.29, 0.717) is 16.7 Å². The fourth-order valence-corrected chi connectivity index (χ4v) is 9.21. The van der Waals surface area contributed by atoms with Gasteiger partial charge in [0.1, 0.15) is 0 Å². The normalized spacial score (nSPS) is 48.3. The Morgan fingerprint density at radius 1 is 1.00 bits per heavy atom. The maximum atomic E-state index is 10.4. The van der Waals surface area contributed by atoms with Crippen LogP contribution in [0.25, 0.3) is 0 Å². The molecule has 9 atom stereocenters. The Morgan fingerprint density at radius 3 is 2.40 bits per heavy atom. The smallest absolute Gasteiger partial charge is 0.0547 e. The lowest BCUT2D eigenvalue weighted by Gasteiger charge is -2.61. The Hall–Kier alpha value is -0.570. The minimum atomic E-state index is -0.159. The fraction of sp³-hybridized carbons (Fsp3) is 0.963. The molecule has 0 aromatic carbocycles. The predicted octanol–water partition coefficient (Wildman–Crippen LogP) is 6.39. The zero-order valence-electron chi connectivity index (χ0n) is 20.4. The van der Waals surface area contributed by atoms with Crippen molar-refractivity contribution < 1.29 is 5.11 Å². The molecule has 3 heteroatoms. The third-order valence-electron chi connectivity index (χ3n) is 10.8. The number of nitrogens with zero attached hydrogens (tertiary/aromatic N) is 1. The van der Waals surface area contributed by atoms with E-state index >= 15 is 0 Å². The van der Waals surface area contributed by atoms with Gasteiger partial charge in [0.15, 0.2) is 0 Å². The standard InChI is InChI=1S/C27H48N2O/c1-17(2)7-6-8-18(3)21-9-10-22-20-16-25(29-28)24-15-19(30)11-13-27(24,5)23(20)12-14-26(21,22)4/h17-24,30H,6-16,28H2,1-5H3/b29-25+/t18-,19+,20?,21-,22+,23?,24-,26-,27-/m1/s1. The predicted molar refractivity (Wildman–Crippen MR) is 126 cm³/mol. The lowest BCUT2D eigenvalue weighted by Crippen LogP contribution is -2.57. The monoisotopic (exact) mass is 416 g/mol. The topological polar surface area (TPSA) is 58.6 Å². The van der Waals surface area contributed by atoms with E-state index < -0.39 is 0 Å². The van der Waals surface area contributed by atoms with Crippen LogP contribution < -0.4 is 5.84 Å². The summed E-state index contributed by atoms with van der Waals surface area (Å²) < 4.78 is 0. The van der Waals surface area contributed by atoms with Crippen LogP contribution in [-0.2, 0) is 0 Å². The second kappa shape index (κ2) is 8.41. The molecule has 2 unspecified atom stereocenters. The zero-order valence-corrected chi connectivity index (χ0v) is 20.4. The SMILES string of the molecule is CC(C)CCC[C@@H](C)[C@H]1CC[C@H]2C3C/C(=N\N)[C@H]4C[C@@H](O)CC[C@]4(C)C3CC[C@]12C. The van der Waals surface area contributed by atoms with Crippen LogP contribution in [0.5, 0.6) is 0 Å². The molecule has 30 heavy (non-hydrogen) atoms. The number of aliphatic hydroxyl groups excluding tert-OH is 1. The van der Waals surface area contributed by atoms with Crippen molar-refractivity contribution in [2.45, 2.75) is 111 Å². The van der Waals surface area contributed by atoms with Crippen molar-refractivity contribution in [3.05, 3.63) is 0 Å². The van der Waals surface area contributed by atoms with Crippen LogP contribution in [0.15, 0.2) is 5.10 Å². The van der Waals surface area contributed by atoms with Gasteiger partial charge in [-0.15, -0.1) is 0 Å². The Balaban J connectivity index is 1.53. The molecule has 0 aliphatic heterocycles. The Labute approximate surface area is 185 Å². The van der Waals surface area contributed by atoms with E-state index in [0.717, 1.165) is 61.2 Å². The van der Waals surface area contributed by atoms with E-state index in [9.17, 15) is 5.11 Å². The second-order valence-corrected chi connectivity index (χ2v) is 12.7. The van der Waals surface area contributed by atoms with Crippen LogP contribution in [-0.4, -0.2) is 16.9 Å². The molecular weight excluding hydrogens is 368 g/mol. The van der Waals surface area contributed by atoms with E-state index in [4.69, 9.17) is 5.84 Å². The maximum Gasteiger partial charge on any atom is 0.0547 e. The molecule has 0 aromatic rings. The van der Waals surface area contributed by atoms with Gasteiger partial charge in [-0.2, -0.15) is 5.10 Å². The van der Waals surface area contributed by atoms with Crippen molar-refractivity contribution in [2.24, 2.45) is 63.2 Å². The fourth-order valence-electron chi connectivity index (χ4n) is 9.21. The van der Waals surface area contributed by atoms with Gasteiger partial charge in [0.2, 0.25) is 0 Å². The first-order valence-electron chi connectivity index (χ1n) is 13.2. The molecule has 172 valence electrons. The number of fused-ring (bicyclic) bond motifs is 5. The van der Waals surface area contributed by atoms with Gasteiger partial charge in [-0.25, -0.2) is 0 Å². The molecule has 3 nitrogen and oxygen atoms in total. The van der Waals surface area contributed by atoms with Gasteiger partial charge in [-0.05, 0) is 97.7 Å². The molecule has 4 fully saturated rings. The van der Waals surface area contributed by atoms with E-state index in [-0.39, 0.29) is 6.10 Å². The summed E-state index contributed by atoms with van der Waals surface area (Å²) in [6.07, 6.45) is 13.8. The average molecular weight is 417 g/mol.